The zero-order valence-corrected chi connectivity index (χ0v) is 12.2. The maximum Gasteiger partial charge on any atom is 0.123 e. The standard InChI is InChI=1S/C16H26FNO/c1-4-6-7-13(5-2)11-18-12(3)15-10-14(17)8-9-16(15)19/h8-10,12-13,18-19H,4-7,11H2,1-3H3. The van der Waals surface area contributed by atoms with Gasteiger partial charge in [0.1, 0.15) is 11.6 Å². The fraction of sp³-hybridized carbons (Fsp3) is 0.625. The second-order valence-electron chi connectivity index (χ2n) is 5.25. The van der Waals surface area contributed by atoms with E-state index in [1.54, 1.807) is 0 Å². The van der Waals surface area contributed by atoms with E-state index in [1.807, 2.05) is 6.92 Å². The summed E-state index contributed by atoms with van der Waals surface area (Å²) in [6.45, 7) is 7.27. The molecule has 2 nitrogen and oxygen atoms in total. The van der Waals surface area contributed by atoms with Crippen molar-refractivity contribution in [2.75, 3.05) is 6.54 Å². The lowest BCUT2D eigenvalue weighted by Crippen LogP contribution is -2.25. The predicted octanol–water partition coefficient (Wildman–Crippen LogP) is 4.40. The molecule has 0 saturated heterocycles. The molecule has 0 aliphatic heterocycles. The van der Waals surface area contributed by atoms with Crippen LogP contribution >= 0.6 is 0 Å². The third-order valence-corrected chi connectivity index (χ3v) is 3.71. The summed E-state index contributed by atoms with van der Waals surface area (Å²) >= 11 is 0. The van der Waals surface area contributed by atoms with Gasteiger partial charge in [-0.25, -0.2) is 4.39 Å². The third-order valence-electron chi connectivity index (χ3n) is 3.71. The molecular weight excluding hydrogens is 241 g/mol. The minimum absolute atomic E-state index is 0.0358. The van der Waals surface area contributed by atoms with Crippen LogP contribution in [0.15, 0.2) is 18.2 Å². The summed E-state index contributed by atoms with van der Waals surface area (Å²) in [5, 5.41) is 13.2. The average molecular weight is 267 g/mol. The zero-order valence-electron chi connectivity index (χ0n) is 12.2. The Morgan fingerprint density at radius 1 is 1.32 bits per heavy atom. The molecule has 0 bridgehead atoms. The maximum absolute atomic E-state index is 13.2. The summed E-state index contributed by atoms with van der Waals surface area (Å²) in [5.41, 5.74) is 0.630. The van der Waals surface area contributed by atoms with Crippen molar-refractivity contribution in [3.8, 4) is 5.75 Å². The van der Waals surface area contributed by atoms with Crippen molar-refractivity contribution in [3.63, 3.8) is 0 Å². The van der Waals surface area contributed by atoms with E-state index in [9.17, 15) is 9.50 Å². The van der Waals surface area contributed by atoms with Crippen LogP contribution < -0.4 is 5.32 Å². The number of phenols is 1. The second kappa shape index (κ2) is 8.16. The van der Waals surface area contributed by atoms with Gasteiger partial charge in [0, 0.05) is 11.6 Å². The SMILES string of the molecule is CCCCC(CC)CNC(C)c1cc(F)ccc1O. The van der Waals surface area contributed by atoms with E-state index in [0.717, 1.165) is 13.0 Å². The highest BCUT2D eigenvalue weighted by atomic mass is 19.1. The van der Waals surface area contributed by atoms with Gasteiger partial charge >= 0.3 is 0 Å². The predicted molar refractivity (Wildman–Crippen MR) is 77.8 cm³/mol. The fourth-order valence-corrected chi connectivity index (χ4v) is 2.27. The highest BCUT2D eigenvalue weighted by molar-refractivity contribution is 5.34. The molecule has 1 aromatic rings. The molecule has 0 heterocycles. The molecule has 0 saturated carbocycles. The lowest BCUT2D eigenvalue weighted by atomic mass is 9.98. The van der Waals surface area contributed by atoms with Gasteiger partial charge in [-0.1, -0.05) is 33.1 Å². The molecule has 0 aliphatic rings. The number of nitrogens with one attached hydrogen (secondary N) is 1. The molecule has 19 heavy (non-hydrogen) atoms. The molecule has 1 rings (SSSR count). The number of phenolic OH excluding ortho intramolecular Hbond substituents is 1. The quantitative estimate of drug-likeness (QED) is 0.731. The minimum Gasteiger partial charge on any atom is -0.508 e. The number of benzene rings is 1. The number of hydrogen-bond acceptors (Lipinski definition) is 2. The Hall–Kier alpha value is -1.09. The Morgan fingerprint density at radius 2 is 2.05 bits per heavy atom. The summed E-state index contributed by atoms with van der Waals surface area (Å²) in [6.07, 6.45) is 4.84. The molecule has 0 aromatic heterocycles. The van der Waals surface area contributed by atoms with Crippen LogP contribution in [-0.2, 0) is 0 Å². The first-order valence-electron chi connectivity index (χ1n) is 7.30. The number of unbranched alkanes of at least 4 members (excludes halogenated alkanes) is 1. The summed E-state index contributed by atoms with van der Waals surface area (Å²) in [6, 6.07) is 4.06. The van der Waals surface area contributed by atoms with Crippen LogP contribution in [-0.4, -0.2) is 11.7 Å². The first-order valence-corrected chi connectivity index (χ1v) is 7.30. The van der Waals surface area contributed by atoms with E-state index in [0.29, 0.717) is 11.5 Å². The van der Waals surface area contributed by atoms with E-state index < -0.39 is 0 Å². The minimum atomic E-state index is -0.306. The lowest BCUT2D eigenvalue weighted by Gasteiger charge is -2.20. The van der Waals surface area contributed by atoms with Gasteiger partial charge in [0.25, 0.3) is 0 Å². The molecule has 2 N–H and O–H groups in total. The van der Waals surface area contributed by atoms with E-state index in [-0.39, 0.29) is 17.6 Å². The topological polar surface area (TPSA) is 32.3 Å². The van der Waals surface area contributed by atoms with Crippen LogP contribution in [0.2, 0.25) is 0 Å². The average Bonchev–Trinajstić information content (AvgIpc) is 2.41. The van der Waals surface area contributed by atoms with E-state index in [1.165, 1.54) is 37.5 Å². The van der Waals surface area contributed by atoms with Gasteiger partial charge in [-0.3, -0.25) is 0 Å². The number of aromatic hydroxyl groups is 1. The monoisotopic (exact) mass is 267 g/mol. The molecule has 2 atom stereocenters. The Morgan fingerprint density at radius 3 is 2.68 bits per heavy atom. The van der Waals surface area contributed by atoms with Crippen molar-refractivity contribution in [2.24, 2.45) is 5.92 Å². The van der Waals surface area contributed by atoms with Crippen molar-refractivity contribution >= 4 is 0 Å². The van der Waals surface area contributed by atoms with Crippen molar-refractivity contribution < 1.29 is 9.50 Å². The highest BCUT2D eigenvalue weighted by Gasteiger charge is 2.13. The summed E-state index contributed by atoms with van der Waals surface area (Å²) in [7, 11) is 0. The smallest absolute Gasteiger partial charge is 0.123 e. The molecule has 0 radical (unpaired) electrons. The Bertz CT molecular complexity index is 381. The Labute approximate surface area is 116 Å². The zero-order chi connectivity index (χ0) is 14.3. The molecule has 108 valence electrons. The summed E-state index contributed by atoms with van der Waals surface area (Å²) < 4.78 is 13.2. The number of halogens is 1. The first-order chi connectivity index (χ1) is 9.08. The largest absolute Gasteiger partial charge is 0.508 e. The van der Waals surface area contributed by atoms with Gasteiger partial charge in [0.05, 0.1) is 0 Å². The van der Waals surface area contributed by atoms with Crippen molar-refractivity contribution in [1.29, 1.82) is 0 Å². The molecule has 2 unspecified atom stereocenters. The summed E-state index contributed by atoms with van der Waals surface area (Å²) in [5.74, 6) is 0.501. The van der Waals surface area contributed by atoms with E-state index >= 15 is 0 Å². The van der Waals surface area contributed by atoms with E-state index in [2.05, 4.69) is 19.2 Å². The second-order valence-corrected chi connectivity index (χ2v) is 5.25. The van der Waals surface area contributed by atoms with E-state index in [4.69, 9.17) is 0 Å². The maximum atomic E-state index is 13.2. The molecule has 1 aromatic carbocycles. The van der Waals surface area contributed by atoms with Gasteiger partial charge in [-0.15, -0.1) is 0 Å². The summed E-state index contributed by atoms with van der Waals surface area (Å²) in [4.78, 5) is 0. The molecule has 3 heteroatoms. The van der Waals surface area contributed by atoms with Crippen molar-refractivity contribution in [2.45, 2.75) is 52.5 Å². The molecule has 0 aliphatic carbocycles. The van der Waals surface area contributed by atoms with Gasteiger partial charge < -0.3 is 10.4 Å². The Kier molecular flexibility index (Phi) is 6.85. The molecule has 0 amide bonds. The normalized spacial score (nSPS) is 14.3. The fourth-order valence-electron chi connectivity index (χ4n) is 2.27. The van der Waals surface area contributed by atoms with Gasteiger partial charge in [0.2, 0.25) is 0 Å². The number of hydrogen-bond donors (Lipinski definition) is 2. The third kappa shape index (κ3) is 5.19. The number of rotatable bonds is 8. The highest BCUT2D eigenvalue weighted by Crippen LogP contribution is 2.25. The Balaban J connectivity index is 2.54. The van der Waals surface area contributed by atoms with Crippen LogP contribution in [0.5, 0.6) is 5.75 Å². The van der Waals surface area contributed by atoms with Gasteiger partial charge in [-0.2, -0.15) is 0 Å². The van der Waals surface area contributed by atoms with Crippen LogP contribution in [0, 0.1) is 11.7 Å². The van der Waals surface area contributed by atoms with Crippen LogP contribution in [0.3, 0.4) is 0 Å². The van der Waals surface area contributed by atoms with Crippen LogP contribution in [0.1, 0.15) is 58.1 Å². The van der Waals surface area contributed by atoms with Crippen molar-refractivity contribution in [1.82, 2.24) is 5.32 Å². The lowest BCUT2D eigenvalue weighted by molar-refractivity contribution is 0.390. The van der Waals surface area contributed by atoms with Gasteiger partial charge in [0.15, 0.2) is 0 Å². The molecule has 0 fully saturated rings. The molecular formula is C16H26FNO. The first kappa shape index (κ1) is 16.0. The molecule has 0 spiro atoms. The van der Waals surface area contributed by atoms with Crippen molar-refractivity contribution in [3.05, 3.63) is 29.6 Å². The van der Waals surface area contributed by atoms with Gasteiger partial charge in [-0.05, 0) is 44.0 Å². The van der Waals surface area contributed by atoms with Crippen LogP contribution in [0.4, 0.5) is 4.39 Å². The van der Waals surface area contributed by atoms with Crippen LogP contribution in [0.25, 0.3) is 0 Å².